The molecular formula is C16H25N3O. The van der Waals surface area contributed by atoms with Crippen molar-refractivity contribution in [3.8, 4) is 0 Å². The van der Waals surface area contributed by atoms with Gasteiger partial charge in [-0.25, -0.2) is 9.97 Å². The largest absolute Gasteiger partial charge is 0.378 e. The lowest BCUT2D eigenvalue weighted by Crippen LogP contribution is -2.23. The maximum Gasteiger partial charge on any atom is 0.133 e. The van der Waals surface area contributed by atoms with Gasteiger partial charge in [-0.15, -0.1) is 0 Å². The first kappa shape index (κ1) is 13.8. The molecule has 1 N–H and O–H groups in total. The Morgan fingerprint density at radius 3 is 2.80 bits per heavy atom. The number of nitrogens with zero attached hydrogens (tertiary/aromatic N) is 2. The molecule has 0 saturated carbocycles. The van der Waals surface area contributed by atoms with Gasteiger partial charge in [0.2, 0.25) is 0 Å². The lowest BCUT2D eigenvalue weighted by Gasteiger charge is -2.22. The predicted molar refractivity (Wildman–Crippen MR) is 80.1 cm³/mol. The van der Waals surface area contributed by atoms with Gasteiger partial charge in [-0.05, 0) is 44.9 Å². The Morgan fingerprint density at radius 1 is 1.10 bits per heavy atom. The van der Waals surface area contributed by atoms with Crippen LogP contribution in [0.25, 0.3) is 0 Å². The van der Waals surface area contributed by atoms with E-state index in [9.17, 15) is 0 Å². The van der Waals surface area contributed by atoms with Crippen LogP contribution in [0.3, 0.4) is 0 Å². The number of aryl methyl sites for hydroxylation is 1. The summed E-state index contributed by atoms with van der Waals surface area (Å²) < 4.78 is 5.82. The fourth-order valence-electron chi connectivity index (χ4n) is 3.29. The molecule has 1 fully saturated rings. The molecule has 0 spiro atoms. The fraction of sp³-hybridized carbons (Fsp3) is 0.750. The molecule has 20 heavy (non-hydrogen) atoms. The summed E-state index contributed by atoms with van der Waals surface area (Å²) in [6.45, 7) is 0.897. The van der Waals surface area contributed by atoms with Crippen molar-refractivity contribution in [2.75, 3.05) is 19.0 Å². The Hall–Kier alpha value is -1.16. The Labute approximate surface area is 121 Å². The van der Waals surface area contributed by atoms with E-state index in [4.69, 9.17) is 14.7 Å². The summed E-state index contributed by atoms with van der Waals surface area (Å²) in [4.78, 5) is 9.58. The van der Waals surface area contributed by atoms with Crippen LogP contribution in [0.1, 0.15) is 55.6 Å². The van der Waals surface area contributed by atoms with Gasteiger partial charge in [0.25, 0.3) is 0 Å². The van der Waals surface area contributed by atoms with E-state index in [1.165, 1.54) is 43.4 Å². The summed E-state index contributed by atoms with van der Waals surface area (Å²) >= 11 is 0. The summed E-state index contributed by atoms with van der Waals surface area (Å²) in [5, 5.41) is 3.27. The third kappa shape index (κ3) is 3.11. The highest BCUT2D eigenvalue weighted by Gasteiger charge is 2.20. The van der Waals surface area contributed by atoms with Gasteiger partial charge in [-0.3, -0.25) is 0 Å². The number of rotatable bonds is 3. The van der Waals surface area contributed by atoms with Crippen molar-refractivity contribution >= 4 is 5.82 Å². The van der Waals surface area contributed by atoms with E-state index < -0.39 is 0 Å². The standard InChI is InChI=1S/C16H25N3O/c1-17-16-13-8-3-2-4-9-14(13)18-15(19-16)11-12-7-5-6-10-20-12/h12H,2-11H2,1H3,(H,17,18,19). The van der Waals surface area contributed by atoms with Gasteiger partial charge in [-0.2, -0.15) is 0 Å². The summed E-state index contributed by atoms with van der Waals surface area (Å²) in [5.74, 6) is 2.00. The first-order chi connectivity index (χ1) is 9.86. The van der Waals surface area contributed by atoms with Crippen LogP contribution in [0.5, 0.6) is 0 Å². The average Bonchev–Trinajstić information content (AvgIpc) is 2.73. The predicted octanol–water partition coefficient (Wildman–Crippen LogP) is 2.90. The minimum absolute atomic E-state index is 0.317. The van der Waals surface area contributed by atoms with E-state index in [0.29, 0.717) is 6.10 Å². The minimum atomic E-state index is 0.317. The van der Waals surface area contributed by atoms with Crippen molar-refractivity contribution in [3.63, 3.8) is 0 Å². The second-order valence-corrected chi connectivity index (χ2v) is 5.92. The highest BCUT2D eigenvalue weighted by Crippen LogP contribution is 2.25. The molecule has 4 nitrogen and oxygen atoms in total. The third-order valence-electron chi connectivity index (χ3n) is 4.40. The van der Waals surface area contributed by atoms with Crippen molar-refractivity contribution in [1.82, 2.24) is 9.97 Å². The van der Waals surface area contributed by atoms with E-state index in [1.807, 2.05) is 7.05 Å². The van der Waals surface area contributed by atoms with Gasteiger partial charge in [0.1, 0.15) is 11.6 Å². The molecule has 2 heterocycles. The smallest absolute Gasteiger partial charge is 0.133 e. The summed E-state index contributed by atoms with van der Waals surface area (Å²) in [6.07, 6.45) is 10.8. The van der Waals surface area contributed by atoms with Crippen molar-refractivity contribution in [3.05, 3.63) is 17.1 Å². The van der Waals surface area contributed by atoms with Crippen LogP contribution in [-0.4, -0.2) is 29.7 Å². The Morgan fingerprint density at radius 2 is 2.00 bits per heavy atom. The molecule has 1 saturated heterocycles. The first-order valence-corrected chi connectivity index (χ1v) is 8.05. The van der Waals surface area contributed by atoms with Crippen molar-refractivity contribution in [1.29, 1.82) is 0 Å². The normalized spacial score (nSPS) is 22.9. The van der Waals surface area contributed by atoms with E-state index in [0.717, 1.165) is 43.9 Å². The molecule has 1 aromatic rings. The molecule has 1 aliphatic carbocycles. The van der Waals surface area contributed by atoms with Gasteiger partial charge in [0, 0.05) is 31.3 Å². The minimum Gasteiger partial charge on any atom is -0.378 e. The molecular weight excluding hydrogens is 250 g/mol. The molecule has 1 atom stereocenters. The second-order valence-electron chi connectivity index (χ2n) is 5.92. The molecule has 1 aromatic heterocycles. The van der Waals surface area contributed by atoms with Crippen molar-refractivity contribution in [2.24, 2.45) is 0 Å². The maximum atomic E-state index is 5.82. The Balaban J connectivity index is 1.82. The van der Waals surface area contributed by atoms with Crippen LogP contribution in [0.4, 0.5) is 5.82 Å². The lowest BCUT2D eigenvalue weighted by molar-refractivity contribution is 0.0156. The van der Waals surface area contributed by atoms with E-state index >= 15 is 0 Å². The molecule has 2 aliphatic rings. The van der Waals surface area contributed by atoms with Gasteiger partial charge >= 0.3 is 0 Å². The molecule has 0 radical (unpaired) electrons. The number of fused-ring (bicyclic) bond motifs is 1. The number of aromatic nitrogens is 2. The molecule has 0 aromatic carbocycles. The zero-order chi connectivity index (χ0) is 13.8. The molecule has 1 aliphatic heterocycles. The number of ether oxygens (including phenoxy) is 1. The number of nitrogens with one attached hydrogen (secondary N) is 1. The zero-order valence-corrected chi connectivity index (χ0v) is 12.5. The summed E-state index contributed by atoms with van der Waals surface area (Å²) in [7, 11) is 1.97. The van der Waals surface area contributed by atoms with Crippen LogP contribution in [-0.2, 0) is 24.0 Å². The SMILES string of the molecule is CNc1nc(CC2CCCCO2)nc2c1CCCCC2. The van der Waals surface area contributed by atoms with Gasteiger partial charge in [-0.1, -0.05) is 6.42 Å². The third-order valence-corrected chi connectivity index (χ3v) is 4.40. The van der Waals surface area contributed by atoms with Crippen LogP contribution >= 0.6 is 0 Å². The highest BCUT2D eigenvalue weighted by molar-refractivity contribution is 5.47. The van der Waals surface area contributed by atoms with Gasteiger partial charge in [0.15, 0.2) is 0 Å². The zero-order valence-electron chi connectivity index (χ0n) is 12.5. The number of anilines is 1. The van der Waals surface area contributed by atoms with Gasteiger partial charge in [0.05, 0.1) is 6.10 Å². The highest BCUT2D eigenvalue weighted by atomic mass is 16.5. The van der Waals surface area contributed by atoms with Crippen molar-refractivity contribution < 1.29 is 4.74 Å². The van der Waals surface area contributed by atoms with Gasteiger partial charge < -0.3 is 10.1 Å². The number of hydrogen-bond acceptors (Lipinski definition) is 4. The Kier molecular flexibility index (Phi) is 4.51. The van der Waals surface area contributed by atoms with E-state index in [-0.39, 0.29) is 0 Å². The van der Waals surface area contributed by atoms with Crippen LogP contribution in [0.2, 0.25) is 0 Å². The molecule has 0 amide bonds. The topological polar surface area (TPSA) is 47.0 Å². The average molecular weight is 275 g/mol. The van der Waals surface area contributed by atoms with Crippen LogP contribution in [0, 0.1) is 0 Å². The molecule has 110 valence electrons. The second kappa shape index (κ2) is 6.53. The lowest BCUT2D eigenvalue weighted by atomic mass is 10.1. The number of hydrogen-bond donors (Lipinski definition) is 1. The monoisotopic (exact) mass is 275 g/mol. The van der Waals surface area contributed by atoms with E-state index in [2.05, 4.69) is 5.32 Å². The molecule has 0 bridgehead atoms. The van der Waals surface area contributed by atoms with Crippen molar-refractivity contribution in [2.45, 2.75) is 63.9 Å². The quantitative estimate of drug-likeness (QED) is 0.862. The molecule has 4 heteroatoms. The van der Waals surface area contributed by atoms with E-state index in [1.54, 1.807) is 0 Å². The fourth-order valence-corrected chi connectivity index (χ4v) is 3.29. The molecule has 1 unspecified atom stereocenters. The summed E-state index contributed by atoms with van der Waals surface area (Å²) in [6, 6.07) is 0. The van der Waals surface area contributed by atoms with Crippen LogP contribution in [0.15, 0.2) is 0 Å². The Bertz CT molecular complexity index is 455. The maximum absolute atomic E-state index is 5.82. The summed E-state index contributed by atoms with van der Waals surface area (Å²) in [5.41, 5.74) is 2.62. The molecule has 3 rings (SSSR count). The van der Waals surface area contributed by atoms with Crippen LogP contribution < -0.4 is 5.32 Å². The first-order valence-electron chi connectivity index (χ1n) is 8.05.